The van der Waals surface area contributed by atoms with Crippen molar-refractivity contribution in [2.75, 3.05) is 0 Å². The van der Waals surface area contributed by atoms with E-state index < -0.39 is 21.0 Å². The molecule has 8 nitrogen and oxygen atoms in total. The van der Waals surface area contributed by atoms with Crippen molar-refractivity contribution >= 4 is 15.7 Å². The van der Waals surface area contributed by atoms with Gasteiger partial charge in [0.25, 0.3) is 10.0 Å². The number of aromatic hydroxyl groups is 1. The molecule has 9 heteroatoms. The number of sulfonamides is 1. The average molecular weight is 457 g/mol. The second kappa shape index (κ2) is 9.80. The minimum atomic E-state index is -4.15. The maximum atomic E-state index is 13.4. The van der Waals surface area contributed by atoms with Gasteiger partial charge in [0.15, 0.2) is 0 Å². The monoisotopic (exact) mass is 456 g/mol. The molecule has 0 spiro atoms. The van der Waals surface area contributed by atoms with Crippen LogP contribution in [-0.4, -0.2) is 29.0 Å². The lowest BCUT2D eigenvalue weighted by atomic mass is 10.1. The summed E-state index contributed by atoms with van der Waals surface area (Å²) in [4.78, 5) is 16.5. The summed E-state index contributed by atoms with van der Waals surface area (Å²) in [6.45, 7) is 3.49. The van der Waals surface area contributed by atoms with E-state index in [0.29, 0.717) is 18.4 Å². The number of phenolic OH excluding ortho intramolecular Hbond substituents is 1. The molecular formula is C23H24N2O6S. The average Bonchev–Trinajstić information content (AvgIpc) is 2.77. The van der Waals surface area contributed by atoms with Crippen LogP contribution in [0.5, 0.6) is 11.5 Å². The minimum Gasteiger partial charge on any atom is -0.508 e. The number of para-hydroxylation sites is 3. The zero-order valence-electron chi connectivity index (χ0n) is 17.7. The third-order valence-corrected chi connectivity index (χ3v) is 6.77. The Labute approximate surface area is 186 Å². The van der Waals surface area contributed by atoms with Crippen LogP contribution in [0.1, 0.15) is 24.5 Å². The van der Waals surface area contributed by atoms with Gasteiger partial charge < -0.3 is 9.94 Å². The number of rotatable bonds is 9. The fourth-order valence-electron chi connectivity index (χ4n) is 3.16. The zero-order valence-corrected chi connectivity index (χ0v) is 18.5. The van der Waals surface area contributed by atoms with Gasteiger partial charge in [-0.25, -0.2) is 8.42 Å². The zero-order chi connectivity index (χ0) is 23.3. The molecule has 3 rings (SSSR count). The van der Waals surface area contributed by atoms with E-state index in [-0.39, 0.29) is 22.1 Å². The standard InChI is InChI=1S/C23H24N2O6S/c1-17-11-15-20(16-12-17)32(29,30)25(31-23-10-6-4-8-21(23)24(27)28)18(2)13-14-19-7-3-5-9-22(19)26/h3-12,15-16,18,26H,13-14H2,1-2H3/t18-/m0/s1. The first-order valence-electron chi connectivity index (χ1n) is 9.99. The minimum absolute atomic E-state index is 0.0103. The summed E-state index contributed by atoms with van der Waals surface area (Å²) in [5, 5.41) is 21.4. The Hall–Kier alpha value is -3.43. The van der Waals surface area contributed by atoms with Crippen molar-refractivity contribution in [3.63, 3.8) is 0 Å². The van der Waals surface area contributed by atoms with Crippen molar-refractivity contribution in [2.24, 2.45) is 0 Å². The number of nitro groups is 1. The molecule has 0 fully saturated rings. The van der Waals surface area contributed by atoms with Gasteiger partial charge >= 0.3 is 5.69 Å². The second-order valence-corrected chi connectivity index (χ2v) is 9.19. The van der Waals surface area contributed by atoms with Crippen LogP contribution >= 0.6 is 0 Å². The number of benzene rings is 3. The summed E-state index contributed by atoms with van der Waals surface area (Å²) in [7, 11) is -4.15. The van der Waals surface area contributed by atoms with E-state index in [1.807, 2.05) is 6.92 Å². The molecule has 0 aliphatic carbocycles. The van der Waals surface area contributed by atoms with Crippen LogP contribution in [0.2, 0.25) is 0 Å². The number of nitrogens with zero attached hydrogens (tertiary/aromatic N) is 2. The molecule has 0 amide bonds. The second-order valence-electron chi connectivity index (χ2n) is 7.41. The summed E-state index contributed by atoms with van der Waals surface area (Å²) in [5.41, 5.74) is 1.21. The highest BCUT2D eigenvalue weighted by Gasteiger charge is 2.33. The van der Waals surface area contributed by atoms with Crippen molar-refractivity contribution < 1.29 is 23.3 Å². The molecule has 32 heavy (non-hydrogen) atoms. The van der Waals surface area contributed by atoms with Gasteiger partial charge in [-0.15, -0.1) is 0 Å². The Balaban J connectivity index is 1.96. The molecule has 3 aromatic rings. The van der Waals surface area contributed by atoms with Crippen molar-refractivity contribution in [3.05, 3.63) is 94.0 Å². The number of hydrogen-bond donors (Lipinski definition) is 1. The molecule has 1 N–H and O–H groups in total. The predicted molar refractivity (Wildman–Crippen MR) is 120 cm³/mol. The van der Waals surface area contributed by atoms with Crippen LogP contribution in [0.25, 0.3) is 0 Å². The maximum absolute atomic E-state index is 13.4. The fourth-order valence-corrected chi connectivity index (χ4v) is 4.61. The summed E-state index contributed by atoms with van der Waals surface area (Å²) in [6, 6.07) is 18.0. The maximum Gasteiger partial charge on any atom is 0.313 e. The Bertz CT molecular complexity index is 1200. The molecule has 0 unspecified atom stereocenters. The van der Waals surface area contributed by atoms with Crippen LogP contribution in [0.4, 0.5) is 5.69 Å². The van der Waals surface area contributed by atoms with Gasteiger partial charge in [0.2, 0.25) is 5.75 Å². The van der Waals surface area contributed by atoms with Crippen LogP contribution < -0.4 is 4.84 Å². The molecule has 0 bridgehead atoms. The Morgan fingerprint density at radius 3 is 2.31 bits per heavy atom. The highest BCUT2D eigenvalue weighted by Crippen LogP contribution is 2.31. The van der Waals surface area contributed by atoms with Crippen LogP contribution in [0.3, 0.4) is 0 Å². The summed E-state index contributed by atoms with van der Waals surface area (Å²) in [6.07, 6.45) is 0.692. The molecule has 0 radical (unpaired) electrons. The number of aryl methyl sites for hydroxylation is 2. The Morgan fingerprint density at radius 2 is 1.66 bits per heavy atom. The Morgan fingerprint density at radius 1 is 1.03 bits per heavy atom. The van der Waals surface area contributed by atoms with Gasteiger partial charge in [-0.3, -0.25) is 10.1 Å². The molecule has 0 aromatic heterocycles. The van der Waals surface area contributed by atoms with Crippen LogP contribution in [0, 0.1) is 17.0 Å². The third kappa shape index (κ3) is 5.24. The van der Waals surface area contributed by atoms with Crippen molar-refractivity contribution in [1.82, 2.24) is 4.47 Å². The molecule has 3 aromatic carbocycles. The largest absolute Gasteiger partial charge is 0.508 e. The molecule has 0 saturated heterocycles. The Kier molecular flexibility index (Phi) is 7.12. The van der Waals surface area contributed by atoms with E-state index in [4.69, 9.17) is 4.84 Å². The fraction of sp³-hybridized carbons (Fsp3) is 0.217. The van der Waals surface area contributed by atoms with E-state index in [1.165, 1.54) is 36.4 Å². The molecule has 168 valence electrons. The summed E-state index contributed by atoms with van der Waals surface area (Å²) >= 11 is 0. The number of hydrogen-bond acceptors (Lipinski definition) is 6. The van der Waals surface area contributed by atoms with E-state index >= 15 is 0 Å². The molecule has 0 saturated carbocycles. The molecule has 0 aliphatic rings. The van der Waals surface area contributed by atoms with Crippen LogP contribution in [0.15, 0.2) is 77.7 Å². The number of nitro benzene ring substituents is 1. The van der Waals surface area contributed by atoms with Crippen molar-refractivity contribution in [3.8, 4) is 11.5 Å². The van der Waals surface area contributed by atoms with Crippen molar-refractivity contribution in [1.29, 1.82) is 0 Å². The lowest BCUT2D eigenvalue weighted by Gasteiger charge is -2.27. The van der Waals surface area contributed by atoms with E-state index in [9.17, 15) is 23.6 Å². The predicted octanol–water partition coefficient (Wildman–Crippen LogP) is 4.61. The van der Waals surface area contributed by atoms with Crippen LogP contribution in [-0.2, 0) is 16.4 Å². The van der Waals surface area contributed by atoms with E-state index in [2.05, 4.69) is 0 Å². The number of hydroxylamine groups is 1. The lowest BCUT2D eigenvalue weighted by Crippen LogP contribution is -2.41. The lowest BCUT2D eigenvalue weighted by molar-refractivity contribution is -0.386. The van der Waals surface area contributed by atoms with Gasteiger partial charge in [0.1, 0.15) is 5.75 Å². The quantitative estimate of drug-likeness (QED) is 0.372. The first-order valence-corrected chi connectivity index (χ1v) is 11.4. The summed E-state index contributed by atoms with van der Waals surface area (Å²) in [5.74, 6) is -0.0603. The van der Waals surface area contributed by atoms with E-state index in [0.717, 1.165) is 10.0 Å². The van der Waals surface area contributed by atoms with E-state index in [1.54, 1.807) is 43.3 Å². The normalized spacial score (nSPS) is 12.5. The summed E-state index contributed by atoms with van der Waals surface area (Å²) < 4.78 is 27.7. The first-order chi connectivity index (χ1) is 15.2. The van der Waals surface area contributed by atoms with Gasteiger partial charge in [-0.05, 0) is 61.0 Å². The SMILES string of the molecule is Cc1ccc(S(=O)(=O)N(Oc2ccccc2[N+](=O)[O-])[C@@H](C)CCc2ccccc2O)cc1. The highest BCUT2D eigenvalue weighted by molar-refractivity contribution is 7.89. The number of phenols is 1. The van der Waals surface area contributed by atoms with Gasteiger partial charge in [-0.2, -0.15) is 0 Å². The van der Waals surface area contributed by atoms with Gasteiger partial charge in [0, 0.05) is 6.07 Å². The third-order valence-electron chi connectivity index (χ3n) is 4.99. The topological polar surface area (TPSA) is 110 Å². The molecular weight excluding hydrogens is 432 g/mol. The van der Waals surface area contributed by atoms with Gasteiger partial charge in [-0.1, -0.05) is 48.0 Å². The highest BCUT2D eigenvalue weighted by atomic mass is 32.2. The first kappa shape index (κ1) is 23.2. The smallest absolute Gasteiger partial charge is 0.313 e. The van der Waals surface area contributed by atoms with Crippen molar-refractivity contribution in [2.45, 2.75) is 37.6 Å². The molecule has 0 aliphatic heterocycles. The molecule has 0 heterocycles. The van der Waals surface area contributed by atoms with Gasteiger partial charge in [0.05, 0.1) is 15.9 Å². The molecule has 1 atom stereocenters.